The van der Waals surface area contributed by atoms with Gasteiger partial charge in [-0.15, -0.1) is 0 Å². The molecule has 3 aromatic carbocycles. The fourth-order valence-corrected chi connectivity index (χ4v) is 3.88. The van der Waals surface area contributed by atoms with Gasteiger partial charge in [0.05, 0.1) is 6.21 Å². The summed E-state index contributed by atoms with van der Waals surface area (Å²) < 4.78 is 0. The van der Waals surface area contributed by atoms with E-state index >= 15 is 0 Å². The highest BCUT2D eigenvalue weighted by Gasteiger charge is 2.14. The second kappa shape index (κ2) is 14.4. The summed E-state index contributed by atoms with van der Waals surface area (Å²) in [5.41, 5.74) is 6.94. The van der Waals surface area contributed by atoms with Crippen molar-refractivity contribution in [2.45, 2.75) is 26.7 Å². The maximum absolute atomic E-state index is 13.0. The standard InChI is InChI=1S/C31H37N5O2/c1-5-20-36(21-6-2)28-18-14-25(15-19-28)23-32-34-31(38)29(33-30(37)26-10-8-7-9-11-26)22-24-12-16-27(17-13-24)35(3)4/h7-19,22-23H,5-6,20-21H2,1-4H3,(H,33,37)(H,34,38)/b29-22-,32-23+. The molecule has 0 aliphatic heterocycles. The van der Waals surface area contributed by atoms with Gasteiger partial charge in [0.2, 0.25) is 0 Å². The van der Waals surface area contributed by atoms with Crippen LogP contribution in [0.3, 0.4) is 0 Å². The van der Waals surface area contributed by atoms with E-state index in [1.807, 2.05) is 61.5 Å². The Morgan fingerprint density at radius 1 is 0.789 bits per heavy atom. The summed E-state index contributed by atoms with van der Waals surface area (Å²) in [5.74, 6) is -0.893. The van der Waals surface area contributed by atoms with Crippen LogP contribution < -0.4 is 20.5 Å². The van der Waals surface area contributed by atoms with Crippen LogP contribution in [0.1, 0.15) is 48.2 Å². The smallest absolute Gasteiger partial charge is 0.287 e. The van der Waals surface area contributed by atoms with Crippen molar-refractivity contribution in [3.05, 3.63) is 101 Å². The molecule has 7 nitrogen and oxygen atoms in total. The van der Waals surface area contributed by atoms with Crippen LogP contribution in [0.25, 0.3) is 6.08 Å². The van der Waals surface area contributed by atoms with Gasteiger partial charge >= 0.3 is 0 Å². The van der Waals surface area contributed by atoms with Crippen LogP contribution in [0.2, 0.25) is 0 Å². The number of nitrogens with one attached hydrogen (secondary N) is 2. The van der Waals surface area contributed by atoms with Crippen molar-refractivity contribution in [2.24, 2.45) is 5.10 Å². The number of hydrazone groups is 1. The highest BCUT2D eigenvalue weighted by molar-refractivity contribution is 6.05. The number of nitrogens with zero attached hydrogens (tertiary/aromatic N) is 3. The van der Waals surface area contributed by atoms with Crippen LogP contribution in [0.15, 0.2) is 89.7 Å². The molecular formula is C31H37N5O2. The molecule has 0 bridgehead atoms. The van der Waals surface area contributed by atoms with Crippen molar-refractivity contribution >= 4 is 35.5 Å². The molecule has 2 amide bonds. The first kappa shape index (κ1) is 28.2. The first-order valence-corrected chi connectivity index (χ1v) is 12.9. The van der Waals surface area contributed by atoms with E-state index in [-0.39, 0.29) is 11.6 Å². The van der Waals surface area contributed by atoms with Crippen molar-refractivity contribution in [3.63, 3.8) is 0 Å². The SMILES string of the molecule is CCCN(CCC)c1ccc(/C=N/NC(=O)/C(=C/c2ccc(N(C)C)cc2)NC(=O)c2ccccc2)cc1. The lowest BCUT2D eigenvalue weighted by Gasteiger charge is -2.23. The van der Waals surface area contributed by atoms with E-state index in [1.165, 1.54) is 5.69 Å². The van der Waals surface area contributed by atoms with E-state index < -0.39 is 5.91 Å². The molecular weight excluding hydrogens is 474 g/mol. The highest BCUT2D eigenvalue weighted by atomic mass is 16.2. The molecule has 0 radical (unpaired) electrons. The normalized spacial score (nSPS) is 11.3. The van der Waals surface area contributed by atoms with Gasteiger partial charge in [-0.2, -0.15) is 5.10 Å². The van der Waals surface area contributed by atoms with Crippen LogP contribution in [0, 0.1) is 0 Å². The quantitative estimate of drug-likeness (QED) is 0.197. The Kier molecular flexibility index (Phi) is 10.7. The van der Waals surface area contributed by atoms with Crippen LogP contribution in [0.4, 0.5) is 11.4 Å². The number of hydrogen-bond acceptors (Lipinski definition) is 5. The molecule has 0 aliphatic rings. The second-order valence-corrected chi connectivity index (χ2v) is 9.14. The van der Waals surface area contributed by atoms with Crippen LogP contribution >= 0.6 is 0 Å². The summed E-state index contributed by atoms with van der Waals surface area (Å²) in [6.07, 6.45) is 5.40. The van der Waals surface area contributed by atoms with E-state index in [0.29, 0.717) is 5.56 Å². The highest BCUT2D eigenvalue weighted by Crippen LogP contribution is 2.16. The summed E-state index contributed by atoms with van der Waals surface area (Å²) in [4.78, 5) is 30.2. The Balaban J connectivity index is 1.74. The Hall–Kier alpha value is -4.39. The number of hydrogen-bond donors (Lipinski definition) is 2. The molecule has 198 valence electrons. The third-order valence-electron chi connectivity index (χ3n) is 5.87. The molecule has 3 rings (SSSR count). The molecule has 0 heterocycles. The van der Waals surface area contributed by atoms with Gasteiger partial charge in [0.25, 0.3) is 11.8 Å². The molecule has 2 N–H and O–H groups in total. The Morgan fingerprint density at radius 2 is 1.37 bits per heavy atom. The molecule has 0 atom stereocenters. The largest absolute Gasteiger partial charge is 0.378 e. The van der Waals surface area contributed by atoms with Gasteiger partial charge < -0.3 is 15.1 Å². The van der Waals surface area contributed by atoms with Gasteiger partial charge in [-0.3, -0.25) is 9.59 Å². The fourth-order valence-electron chi connectivity index (χ4n) is 3.88. The number of rotatable bonds is 12. The lowest BCUT2D eigenvalue weighted by molar-refractivity contribution is -0.117. The Morgan fingerprint density at radius 3 is 1.95 bits per heavy atom. The predicted octanol–water partition coefficient (Wildman–Crippen LogP) is 5.30. The number of anilines is 2. The number of amides is 2. The van der Waals surface area contributed by atoms with Crippen LogP contribution in [-0.2, 0) is 4.79 Å². The predicted molar refractivity (Wildman–Crippen MR) is 158 cm³/mol. The molecule has 0 aliphatic carbocycles. The van der Waals surface area contributed by atoms with Crippen LogP contribution in [0.5, 0.6) is 0 Å². The zero-order valence-electron chi connectivity index (χ0n) is 22.6. The molecule has 0 aromatic heterocycles. The zero-order chi connectivity index (χ0) is 27.3. The number of benzene rings is 3. The minimum absolute atomic E-state index is 0.0960. The molecule has 38 heavy (non-hydrogen) atoms. The lowest BCUT2D eigenvalue weighted by atomic mass is 10.1. The van der Waals surface area contributed by atoms with E-state index in [9.17, 15) is 9.59 Å². The maximum atomic E-state index is 13.0. The third kappa shape index (κ3) is 8.34. The van der Waals surface area contributed by atoms with Gasteiger partial charge in [0, 0.05) is 44.1 Å². The van der Waals surface area contributed by atoms with E-state index in [2.05, 4.69) is 46.7 Å². The fraction of sp³-hybridized carbons (Fsp3) is 0.258. The van der Waals surface area contributed by atoms with E-state index in [4.69, 9.17) is 0 Å². The average molecular weight is 512 g/mol. The number of carbonyl (C=O) groups is 2. The van der Waals surface area contributed by atoms with Crippen molar-refractivity contribution < 1.29 is 9.59 Å². The molecule has 0 unspecified atom stereocenters. The first-order chi connectivity index (χ1) is 18.4. The van der Waals surface area contributed by atoms with Crippen LogP contribution in [-0.4, -0.2) is 45.2 Å². The summed E-state index contributed by atoms with van der Waals surface area (Å²) in [7, 11) is 3.92. The van der Waals surface area contributed by atoms with Crippen molar-refractivity contribution in [2.75, 3.05) is 37.0 Å². The van der Waals surface area contributed by atoms with Gasteiger partial charge in [0.15, 0.2) is 0 Å². The molecule has 0 saturated carbocycles. The molecule has 0 fully saturated rings. The number of carbonyl (C=O) groups excluding carboxylic acids is 2. The summed E-state index contributed by atoms with van der Waals surface area (Å²) in [6.45, 7) is 6.38. The molecule has 7 heteroatoms. The van der Waals surface area contributed by atoms with Crippen molar-refractivity contribution in [1.82, 2.24) is 10.7 Å². The summed E-state index contributed by atoms with van der Waals surface area (Å²) in [6, 6.07) is 24.5. The zero-order valence-corrected chi connectivity index (χ0v) is 22.6. The van der Waals surface area contributed by atoms with Crippen molar-refractivity contribution in [3.8, 4) is 0 Å². The molecule has 0 spiro atoms. The minimum atomic E-state index is -0.518. The van der Waals surface area contributed by atoms with E-state index in [1.54, 1.807) is 36.6 Å². The van der Waals surface area contributed by atoms with Gasteiger partial charge in [0.1, 0.15) is 5.70 Å². The third-order valence-corrected chi connectivity index (χ3v) is 5.87. The molecule has 3 aromatic rings. The van der Waals surface area contributed by atoms with Crippen molar-refractivity contribution in [1.29, 1.82) is 0 Å². The Bertz CT molecular complexity index is 1230. The lowest BCUT2D eigenvalue weighted by Crippen LogP contribution is -2.32. The van der Waals surface area contributed by atoms with E-state index in [0.717, 1.165) is 42.7 Å². The van der Waals surface area contributed by atoms with Gasteiger partial charge in [-0.25, -0.2) is 5.43 Å². The second-order valence-electron chi connectivity index (χ2n) is 9.14. The topological polar surface area (TPSA) is 77.0 Å². The molecule has 0 saturated heterocycles. The van der Waals surface area contributed by atoms with Gasteiger partial charge in [-0.1, -0.05) is 56.3 Å². The summed E-state index contributed by atoms with van der Waals surface area (Å²) >= 11 is 0. The first-order valence-electron chi connectivity index (χ1n) is 12.9. The average Bonchev–Trinajstić information content (AvgIpc) is 2.93. The Labute approximate surface area is 225 Å². The maximum Gasteiger partial charge on any atom is 0.287 e. The monoisotopic (exact) mass is 511 g/mol. The van der Waals surface area contributed by atoms with Gasteiger partial charge in [-0.05, 0) is 66.4 Å². The minimum Gasteiger partial charge on any atom is -0.378 e. The summed E-state index contributed by atoms with van der Waals surface area (Å²) in [5, 5.41) is 6.86.